The highest BCUT2D eigenvalue weighted by molar-refractivity contribution is 5.78. The van der Waals surface area contributed by atoms with Crippen molar-refractivity contribution in [2.75, 3.05) is 13.7 Å². The van der Waals surface area contributed by atoms with Gasteiger partial charge in [-0.15, -0.1) is 0 Å². The number of hydrogen-bond acceptors (Lipinski definition) is 4. The number of benzene rings is 1. The summed E-state index contributed by atoms with van der Waals surface area (Å²) in [4.78, 5) is 20.2. The zero-order chi connectivity index (χ0) is 20.1. The van der Waals surface area contributed by atoms with Gasteiger partial charge >= 0.3 is 6.18 Å². The summed E-state index contributed by atoms with van der Waals surface area (Å²) < 4.78 is 45.1. The van der Waals surface area contributed by atoms with E-state index >= 15 is 0 Å². The van der Waals surface area contributed by atoms with E-state index < -0.39 is 11.9 Å². The molecule has 0 radical (unpaired) electrons. The topological polar surface area (TPSA) is 64.1 Å². The lowest BCUT2D eigenvalue weighted by molar-refractivity contribution is -0.142. The second-order valence-corrected chi connectivity index (χ2v) is 6.75. The molecule has 1 heterocycles. The summed E-state index contributed by atoms with van der Waals surface area (Å²) in [5, 5.41) is 2.71. The van der Waals surface area contributed by atoms with Crippen molar-refractivity contribution >= 4 is 5.91 Å². The van der Waals surface area contributed by atoms with Gasteiger partial charge in [0.1, 0.15) is 11.6 Å². The number of hydrogen-bond donors (Lipinski definition) is 1. The minimum absolute atomic E-state index is 0.120. The Bertz CT molecular complexity index is 853. The number of halogens is 3. The summed E-state index contributed by atoms with van der Waals surface area (Å²) in [6, 6.07) is 7.15. The number of fused-ring (bicyclic) bond motifs is 1. The van der Waals surface area contributed by atoms with E-state index in [1.165, 1.54) is 0 Å². The van der Waals surface area contributed by atoms with Crippen LogP contribution >= 0.6 is 0 Å². The van der Waals surface area contributed by atoms with Crippen molar-refractivity contribution in [3.8, 4) is 5.75 Å². The van der Waals surface area contributed by atoms with Crippen molar-refractivity contribution in [3.05, 3.63) is 52.6 Å². The highest BCUT2D eigenvalue weighted by Crippen LogP contribution is 2.34. The fourth-order valence-electron chi connectivity index (χ4n) is 3.34. The molecule has 1 aromatic heterocycles. The summed E-state index contributed by atoms with van der Waals surface area (Å²) in [6.45, 7) is 0.179. The van der Waals surface area contributed by atoms with Crippen LogP contribution in [0.15, 0.2) is 24.3 Å². The molecule has 0 saturated heterocycles. The third-order valence-electron chi connectivity index (χ3n) is 4.67. The number of aryl methyl sites for hydroxylation is 1. The number of ether oxygens (including phenoxy) is 1. The van der Waals surface area contributed by atoms with Crippen molar-refractivity contribution in [3.63, 3.8) is 0 Å². The van der Waals surface area contributed by atoms with Crippen LogP contribution in [0.5, 0.6) is 5.75 Å². The molecule has 0 aliphatic heterocycles. The molecule has 8 heteroatoms. The number of carbonyl (C=O) groups excluding carboxylic acids is 1. The zero-order valence-corrected chi connectivity index (χ0v) is 15.6. The van der Waals surface area contributed by atoms with E-state index in [0.29, 0.717) is 24.3 Å². The fraction of sp³-hybridized carbons (Fsp3) is 0.450. The predicted octanol–water partition coefficient (Wildman–Crippen LogP) is 3.28. The molecule has 5 nitrogen and oxygen atoms in total. The van der Waals surface area contributed by atoms with Crippen LogP contribution in [0.25, 0.3) is 0 Å². The lowest BCUT2D eigenvalue weighted by Gasteiger charge is -2.20. The molecule has 150 valence electrons. The van der Waals surface area contributed by atoms with Gasteiger partial charge in [0.2, 0.25) is 5.91 Å². The normalized spacial score (nSPS) is 13.7. The Morgan fingerprint density at radius 1 is 1.21 bits per heavy atom. The number of aromatic nitrogens is 2. The standard InChI is InChI=1S/C20H22F3N3O2/c1-28-14-6-4-5-13(11-14)12-18(27)24-10-9-17-25-16-8-3-2-7-15(16)19(26-17)20(21,22)23/h4-6,11H,2-3,7-10,12H2,1H3,(H,24,27). The lowest BCUT2D eigenvalue weighted by Crippen LogP contribution is -2.28. The number of nitrogens with zero attached hydrogens (tertiary/aromatic N) is 2. The van der Waals surface area contributed by atoms with Gasteiger partial charge in [0.05, 0.1) is 13.5 Å². The van der Waals surface area contributed by atoms with E-state index in [-0.39, 0.29) is 36.7 Å². The van der Waals surface area contributed by atoms with Crippen molar-refractivity contribution in [2.45, 2.75) is 44.7 Å². The Kier molecular flexibility index (Phi) is 6.16. The van der Waals surface area contributed by atoms with Gasteiger partial charge in [0.15, 0.2) is 5.69 Å². The quantitative estimate of drug-likeness (QED) is 0.818. The molecular formula is C20H22F3N3O2. The van der Waals surface area contributed by atoms with E-state index in [1.54, 1.807) is 25.3 Å². The van der Waals surface area contributed by atoms with Crippen LogP contribution in [0.1, 0.15) is 41.2 Å². The number of alkyl halides is 3. The van der Waals surface area contributed by atoms with Gasteiger partial charge in [-0.2, -0.15) is 13.2 Å². The smallest absolute Gasteiger partial charge is 0.433 e. The molecule has 3 rings (SSSR count). The van der Waals surface area contributed by atoms with E-state index in [0.717, 1.165) is 18.4 Å². The van der Waals surface area contributed by atoms with Crippen LogP contribution in [-0.4, -0.2) is 29.5 Å². The maximum Gasteiger partial charge on any atom is 0.433 e. The van der Waals surface area contributed by atoms with E-state index in [4.69, 9.17) is 4.74 Å². The van der Waals surface area contributed by atoms with Gasteiger partial charge in [-0.05, 0) is 43.4 Å². The van der Waals surface area contributed by atoms with Crippen LogP contribution in [0.2, 0.25) is 0 Å². The van der Waals surface area contributed by atoms with Gasteiger partial charge in [0.25, 0.3) is 0 Å². The first-order valence-corrected chi connectivity index (χ1v) is 9.22. The van der Waals surface area contributed by atoms with Gasteiger partial charge in [0, 0.05) is 24.2 Å². The number of carbonyl (C=O) groups is 1. The van der Waals surface area contributed by atoms with E-state index in [9.17, 15) is 18.0 Å². The number of nitrogens with one attached hydrogen (secondary N) is 1. The van der Waals surface area contributed by atoms with Gasteiger partial charge in [-0.1, -0.05) is 12.1 Å². The predicted molar refractivity (Wildman–Crippen MR) is 97.1 cm³/mol. The summed E-state index contributed by atoms with van der Waals surface area (Å²) in [5.74, 6) is 0.560. The highest BCUT2D eigenvalue weighted by Gasteiger charge is 2.37. The summed E-state index contributed by atoms with van der Waals surface area (Å²) in [6.07, 6.45) is -1.72. The van der Waals surface area contributed by atoms with Gasteiger partial charge in [-0.25, -0.2) is 9.97 Å². The summed E-state index contributed by atoms with van der Waals surface area (Å²) >= 11 is 0. The molecule has 1 aliphatic carbocycles. The second-order valence-electron chi connectivity index (χ2n) is 6.75. The average Bonchev–Trinajstić information content (AvgIpc) is 2.66. The van der Waals surface area contributed by atoms with Crippen LogP contribution < -0.4 is 10.1 Å². The number of amides is 1. The molecule has 1 aromatic carbocycles. The molecule has 2 aromatic rings. The van der Waals surface area contributed by atoms with E-state index in [1.807, 2.05) is 6.07 Å². The summed E-state index contributed by atoms with van der Waals surface area (Å²) in [7, 11) is 1.55. The molecule has 0 fully saturated rings. The molecule has 0 saturated carbocycles. The molecular weight excluding hydrogens is 371 g/mol. The Morgan fingerprint density at radius 3 is 2.75 bits per heavy atom. The van der Waals surface area contributed by atoms with Crippen molar-refractivity contribution in [1.82, 2.24) is 15.3 Å². The molecule has 28 heavy (non-hydrogen) atoms. The SMILES string of the molecule is COc1cccc(CC(=O)NCCc2nc3c(c(C(F)(F)F)n2)CCCC3)c1. The lowest BCUT2D eigenvalue weighted by atomic mass is 9.94. The maximum atomic E-state index is 13.3. The molecule has 0 bridgehead atoms. The highest BCUT2D eigenvalue weighted by atomic mass is 19.4. The first kappa shape index (κ1) is 20.1. The van der Waals surface area contributed by atoms with Crippen LogP contribution in [-0.2, 0) is 36.7 Å². The Morgan fingerprint density at radius 2 is 2.00 bits per heavy atom. The first-order chi connectivity index (χ1) is 13.4. The number of rotatable bonds is 6. The Labute approximate surface area is 161 Å². The van der Waals surface area contributed by atoms with Gasteiger partial charge < -0.3 is 10.1 Å². The van der Waals surface area contributed by atoms with Crippen LogP contribution in [0.3, 0.4) is 0 Å². The number of methoxy groups -OCH3 is 1. The average molecular weight is 393 g/mol. The molecule has 0 unspecified atom stereocenters. The minimum Gasteiger partial charge on any atom is -0.497 e. The fourth-order valence-corrected chi connectivity index (χ4v) is 3.34. The summed E-state index contributed by atoms with van der Waals surface area (Å²) in [5.41, 5.74) is 0.687. The van der Waals surface area contributed by atoms with Crippen molar-refractivity contribution in [2.24, 2.45) is 0 Å². The first-order valence-electron chi connectivity index (χ1n) is 9.22. The van der Waals surface area contributed by atoms with Gasteiger partial charge in [-0.3, -0.25) is 4.79 Å². The zero-order valence-electron chi connectivity index (χ0n) is 15.6. The molecule has 1 N–H and O–H groups in total. The Hall–Kier alpha value is -2.64. The molecule has 1 amide bonds. The largest absolute Gasteiger partial charge is 0.497 e. The molecule has 1 aliphatic rings. The monoisotopic (exact) mass is 393 g/mol. The van der Waals surface area contributed by atoms with E-state index in [2.05, 4.69) is 15.3 Å². The molecule has 0 atom stereocenters. The van der Waals surface area contributed by atoms with Crippen LogP contribution in [0, 0.1) is 0 Å². The van der Waals surface area contributed by atoms with Crippen LogP contribution in [0.4, 0.5) is 13.2 Å². The van der Waals surface area contributed by atoms with Crippen molar-refractivity contribution < 1.29 is 22.7 Å². The minimum atomic E-state index is -4.49. The third kappa shape index (κ3) is 4.99. The second kappa shape index (κ2) is 8.58. The van der Waals surface area contributed by atoms with Crippen molar-refractivity contribution in [1.29, 1.82) is 0 Å². The third-order valence-corrected chi connectivity index (χ3v) is 4.67. The maximum absolute atomic E-state index is 13.3. The molecule has 0 spiro atoms. The Balaban J connectivity index is 1.62.